The van der Waals surface area contributed by atoms with Crippen LogP contribution in [0.3, 0.4) is 0 Å². The van der Waals surface area contributed by atoms with Gasteiger partial charge in [0.15, 0.2) is 17.7 Å². The van der Waals surface area contributed by atoms with Crippen LogP contribution in [0, 0.1) is 5.92 Å². The van der Waals surface area contributed by atoms with E-state index in [-0.39, 0.29) is 17.9 Å². The number of aromatic nitrogens is 4. The minimum atomic E-state index is -3.52. The number of imidazole rings is 1. The van der Waals surface area contributed by atoms with Crippen LogP contribution >= 0.6 is 6.72 Å². The Labute approximate surface area is 186 Å². The van der Waals surface area contributed by atoms with Crippen molar-refractivity contribution in [1.29, 1.82) is 0 Å². The molecule has 174 valence electrons. The molecule has 0 spiro atoms. The monoisotopic (exact) mass is 474 g/mol. The van der Waals surface area contributed by atoms with Crippen molar-refractivity contribution in [1.82, 2.24) is 19.5 Å². The predicted octanol–water partition coefficient (Wildman–Crippen LogP) is 2.37. The number of nitrogens with zero attached hydrogens (tertiary/aromatic N) is 4. The third-order valence-electron chi connectivity index (χ3n) is 5.23. The third kappa shape index (κ3) is 5.33. The van der Waals surface area contributed by atoms with Crippen molar-refractivity contribution in [2.75, 3.05) is 18.6 Å². The molecule has 0 bridgehead atoms. The highest BCUT2D eigenvalue weighted by atomic mass is 32.5. The second-order valence-corrected chi connectivity index (χ2v) is 10.7. The number of methoxy groups -OCH3 is 1. The minimum Gasteiger partial charge on any atom is -0.382 e. The molecule has 13 heteroatoms. The summed E-state index contributed by atoms with van der Waals surface area (Å²) < 4.78 is 25.3. The number of hydrogen-bond donors (Lipinski definition) is 3. The summed E-state index contributed by atoms with van der Waals surface area (Å²) >= 11 is 5.24. The molecule has 11 nitrogen and oxygen atoms in total. The van der Waals surface area contributed by atoms with E-state index < -0.39 is 31.3 Å². The van der Waals surface area contributed by atoms with Gasteiger partial charge in [-0.15, -0.1) is 0 Å². The fourth-order valence-electron chi connectivity index (χ4n) is 3.65. The van der Waals surface area contributed by atoms with E-state index in [1.165, 1.54) is 0 Å². The van der Waals surface area contributed by atoms with Crippen LogP contribution in [0.15, 0.2) is 6.33 Å². The zero-order valence-electron chi connectivity index (χ0n) is 18.3. The average molecular weight is 475 g/mol. The molecule has 1 fully saturated rings. The molecule has 0 amide bonds. The fourth-order valence-corrected chi connectivity index (χ4v) is 5.61. The maximum atomic E-state index is 10.6. The Balaban J connectivity index is 1.99. The van der Waals surface area contributed by atoms with Gasteiger partial charge in [-0.3, -0.25) is 9.09 Å². The van der Waals surface area contributed by atoms with E-state index in [0.717, 1.165) is 6.42 Å². The van der Waals surface area contributed by atoms with E-state index in [0.29, 0.717) is 23.5 Å². The maximum absolute atomic E-state index is 10.6. The molecular formula is C18H31N6O5PS. The van der Waals surface area contributed by atoms with Gasteiger partial charge in [-0.05, 0) is 38.0 Å². The molecular weight excluding hydrogens is 443 g/mol. The number of rotatable bonds is 9. The van der Waals surface area contributed by atoms with Gasteiger partial charge in [-0.25, -0.2) is 4.98 Å². The van der Waals surface area contributed by atoms with Crippen molar-refractivity contribution in [3.63, 3.8) is 0 Å². The van der Waals surface area contributed by atoms with Gasteiger partial charge in [0.05, 0.1) is 18.5 Å². The molecule has 5 N–H and O–H groups in total. The SMILES string of the molecule is CCC(C)CC1OC(n2cnc3c(N)nc(N)nc32)C(OC)C1OP(O)(=S)OC(C)C. The van der Waals surface area contributed by atoms with E-state index >= 15 is 0 Å². The van der Waals surface area contributed by atoms with Crippen molar-refractivity contribution in [3.05, 3.63) is 6.33 Å². The Kier molecular flexibility index (Phi) is 7.52. The molecule has 0 aromatic carbocycles. The highest BCUT2D eigenvalue weighted by Crippen LogP contribution is 2.51. The van der Waals surface area contributed by atoms with Gasteiger partial charge in [-0.2, -0.15) is 9.97 Å². The second-order valence-electron chi connectivity index (χ2n) is 8.00. The van der Waals surface area contributed by atoms with Crippen LogP contribution in [-0.2, 0) is 30.3 Å². The van der Waals surface area contributed by atoms with Gasteiger partial charge in [0.1, 0.15) is 17.7 Å². The van der Waals surface area contributed by atoms with Crippen LogP contribution < -0.4 is 11.5 Å². The van der Waals surface area contributed by atoms with Crippen LogP contribution in [0.25, 0.3) is 11.2 Å². The molecule has 31 heavy (non-hydrogen) atoms. The maximum Gasteiger partial charge on any atom is 0.325 e. The van der Waals surface area contributed by atoms with Crippen LogP contribution in [0.4, 0.5) is 11.8 Å². The first-order valence-corrected chi connectivity index (χ1v) is 12.8. The van der Waals surface area contributed by atoms with Crippen molar-refractivity contribution in [2.45, 2.75) is 71.2 Å². The summed E-state index contributed by atoms with van der Waals surface area (Å²) in [6, 6.07) is 0. The lowest BCUT2D eigenvalue weighted by Crippen LogP contribution is -2.36. The Hall–Kier alpha value is -1.40. The summed E-state index contributed by atoms with van der Waals surface area (Å²) in [6.45, 7) is 4.27. The first kappa shape index (κ1) is 24.2. The first-order valence-electron chi connectivity index (χ1n) is 10.2. The van der Waals surface area contributed by atoms with Crippen LogP contribution in [0.1, 0.15) is 46.8 Å². The number of hydrogen-bond acceptors (Lipinski definition) is 10. The smallest absolute Gasteiger partial charge is 0.325 e. The summed E-state index contributed by atoms with van der Waals surface area (Å²) in [7, 11) is 1.55. The Morgan fingerprint density at radius 3 is 2.61 bits per heavy atom. The molecule has 6 atom stereocenters. The van der Waals surface area contributed by atoms with Gasteiger partial charge in [0.25, 0.3) is 0 Å². The standard InChI is InChI=1S/C18H31N6O5PS/c1-6-10(4)7-11-13(29-30(25,31)28-9(2)3)14(26-5)17(27-11)24-8-21-12-15(19)22-18(20)23-16(12)24/h8-11,13-14,17H,6-7H2,1-5H3,(H,25,31)(H4,19,20,22,23). The van der Waals surface area contributed by atoms with Gasteiger partial charge in [-0.1, -0.05) is 20.3 Å². The van der Waals surface area contributed by atoms with Crippen molar-refractivity contribution >= 4 is 41.5 Å². The quantitative estimate of drug-likeness (QED) is 0.459. The number of fused-ring (bicyclic) bond motifs is 1. The fraction of sp³-hybridized carbons (Fsp3) is 0.722. The largest absolute Gasteiger partial charge is 0.382 e. The molecule has 0 aliphatic carbocycles. The van der Waals surface area contributed by atoms with Crippen LogP contribution in [0.2, 0.25) is 0 Å². The summed E-state index contributed by atoms with van der Waals surface area (Å²) in [5.41, 5.74) is 12.6. The van der Waals surface area contributed by atoms with E-state index in [4.69, 9.17) is 41.8 Å². The van der Waals surface area contributed by atoms with Crippen LogP contribution in [-0.4, -0.2) is 55.9 Å². The van der Waals surface area contributed by atoms with Gasteiger partial charge < -0.3 is 30.4 Å². The minimum absolute atomic E-state index is 0.0267. The van der Waals surface area contributed by atoms with E-state index in [1.54, 1.807) is 31.9 Å². The molecule has 3 rings (SSSR count). The van der Waals surface area contributed by atoms with E-state index in [2.05, 4.69) is 28.8 Å². The third-order valence-corrected chi connectivity index (χ3v) is 6.94. The first-order chi connectivity index (χ1) is 14.6. The highest BCUT2D eigenvalue weighted by molar-refractivity contribution is 8.07. The summed E-state index contributed by atoms with van der Waals surface area (Å²) in [4.78, 5) is 23.2. The Bertz CT molecular complexity index is 959. The van der Waals surface area contributed by atoms with E-state index in [1.807, 2.05) is 0 Å². The van der Waals surface area contributed by atoms with Gasteiger partial charge in [0.2, 0.25) is 5.95 Å². The normalized spacial score (nSPS) is 27.1. The highest BCUT2D eigenvalue weighted by Gasteiger charge is 2.49. The summed E-state index contributed by atoms with van der Waals surface area (Å²) in [6.07, 6.45) is 0.568. The lowest BCUT2D eigenvalue weighted by Gasteiger charge is -2.28. The number of nitrogen functional groups attached to an aromatic ring is 2. The second kappa shape index (κ2) is 9.62. The average Bonchev–Trinajstić information content (AvgIpc) is 3.21. The zero-order valence-corrected chi connectivity index (χ0v) is 20.0. The van der Waals surface area contributed by atoms with Gasteiger partial charge >= 0.3 is 6.72 Å². The molecule has 1 aliphatic heterocycles. The lowest BCUT2D eigenvalue weighted by molar-refractivity contribution is -0.0522. The van der Waals surface area contributed by atoms with E-state index in [9.17, 15) is 4.89 Å². The number of anilines is 2. The molecule has 2 aromatic heterocycles. The molecule has 0 radical (unpaired) electrons. The van der Waals surface area contributed by atoms with Crippen molar-refractivity contribution in [2.24, 2.45) is 5.92 Å². The topological polar surface area (TPSA) is 153 Å². The summed E-state index contributed by atoms with van der Waals surface area (Å²) in [5, 5.41) is 0. The molecule has 3 heterocycles. The number of ether oxygens (including phenoxy) is 2. The lowest BCUT2D eigenvalue weighted by atomic mass is 9.97. The molecule has 2 aromatic rings. The Morgan fingerprint density at radius 2 is 2.00 bits per heavy atom. The Morgan fingerprint density at radius 1 is 1.29 bits per heavy atom. The van der Waals surface area contributed by atoms with Crippen LogP contribution in [0.5, 0.6) is 0 Å². The number of nitrogens with two attached hydrogens (primary N) is 2. The van der Waals surface area contributed by atoms with Crippen molar-refractivity contribution in [3.8, 4) is 0 Å². The molecule has 1 aliphatic rings. The molecule has 1 saturated heterocycles. The predicted molar refractivity (Wildman–Crippen MR) is 121 cm³/mol. The van der Waals surface area contributed by atoms with Crippen molar-refractivity contribution < 1.29 is 23.4 Å². The molecule has 0 saturated carbocycles. The van der Waals surface area contributed by atoms with Gasteiger partial charge in [0, 0.05) is 7.11 Å². The summed E-state index contributed by atoms with van der Waals surface area (Å²) in [5.74, 6) is 0.551. The zero-order chi connectivity index (χ0) is 22.9. The molecule has 6 unspecified atom stereocenters.